The van der Waals surface area contributed by atoms with Gasteiger partial charge in [-0.05, 0) is 42.5 Å². The van der Waals surface area contributed by atoms with Crippen molar-refractivity contribution >= 4 is 9.04 Å². The molecule has 0 N–H and O–H groups in total. The molecule has 0 fully saturated rings. The summed E-state index contributed by atoms with van der Waals surface area (Å²) in [6.07, 6.45) is 1.95. The molecule has 128 valence electrons. The SMILES string of the molecule is C1=C[SiH](Oc2ccccc2)C(Oc2ccccc2)=C1Oc1ccccc1. The number of para-hydroxylation sites is 3. The maximum absolute atomic E-state index is 6.22. The molecule has 0 spiro atoms. The van der Waals surface area contributed by atoms with Gasteiger partial charge in [0.15, 0.2) is 11.1 Å². The Kier molecular flexibility index (Phi) is 4.85. The van der Waals surface area contributed by atoms with E-state index in [1.54, 1.807) is 0 Å². The van der Waals surface area contributed by atoms with Gasteiger partial charge in [-0.25, -0.2) is 0 Å². The molecular weight excluding hydrogens is 340 g/mol. The van der Waals surface area contributed by atoms with E-state index in [4.69, 9.17) is 13.9 Å². The van der Waals surface area contributed by atoms with E-state index in [2.05, 4.69) is 5.70 Å². The molecule has 1 atom stereocenters. The second kappa shape index (κ2) is 7.76. The summed E-state index contributed by atoms with van der Waals surface area (Å²) >= 11 is 0. The highest BCUT2D eigenvalue weighted by atomic mass is 28.3. The molecular formula is C22H18O3Si. The van der Waals surface area contributed by atoms with E-state index in [0.717, 1.165) is 22.6 Å². The van der Waals surface area contributed by atoms with E-state index in [-0.39, 0.29) is 0 Å². The lowest BCUT2D eigenvalue weighted by molar-refractivity contribution is 0.375. The van der Waals surface area contributed by atoms with E-state index in [0.29, 0.717) is 5.76 Å². The van der Waals surface area contributed by atoms with Crippen LogP contribution in [0.3, 0.4) is 0 Å². The van der Waals surface area contributed by atoms with Crippen LogP contribution in [0.15, 0.2) is 114 Å². The third-order valence-corrected chi connectivity index (χ3v) is 5.86. The zero-order chi connectivity index (χ0) is 17.6. The fraction of sp³-hybridized carbons (Fsp3) is 0. The first-order valence-corrected chi connectivity index (χ1v) is 10.2. The molecule has 4 heteroatoms. The van der Waals surface area contributed by atoms with Gasteiger partial charge in [-0.3, -0.25) is 0 Å². The van der Waals surface area contributed by atoms with Gasteiger partial charge in [0.2, 0.25) is 0 Å². The monoisotopic (exact) mass is 358 g/mol. The van der Waals surface area contributed by atoms with Crippen LogP contribution < -0.4 is 13.9 Å². The Hall–Kier alpha value is -3.24. The molecule has 0 saturated heterocycles. The molecule has 0 saturated carbocycles. The van der Waals surface area contributed by atoms with Crippen molar-refractivity contribution in [3.05, 3.63) is 114 Å². The van der Waals surface area contributed by atoms with Crippen molar-refractivity contribution in [3.8, 4) is 17.2 Å². The summed E-state index contributed by atoms with van der Waals surface area (Å²) in [6.45, 7) is 0. The quantitative estimate of drug-likeness (QED) is 0.592. The summed E-state index contributed by atoms with van der Waals surface area (Å²) in [4.78, 5) is 0. The van der Waals surface area contributed by atoms with Crippen LogP contribution in [-0.2, 0) is 0 Å². The van der Waals surface area contributed by atoms with Gasteiger partial charge in [-0.15, -0.1) is 0 Å². The Morgan fingerprint density at radius 2 is 1.04 bits per heavy atom. The van der Waals surface area contributed by atoms with Crippen LogP contribution in [0.25, 0.3) is 0 Å². The third kappa shape index (κ3) is 3.87. The molecule has 0 aliphatic carbocycles. The summed E-state index contributed by atoms with van der Waals surface area (Å²) in [7, 11) is -1.94. The Balaban J connectivity index is 1.62. The first-order chi connectivity index (χ1) is 12.9. The van der Waals surface area contributed by atoms with E-state index in [1.807, 2.05) is 97.1 Å². The lowest BCUT2D eigenvalue weighted by Crippen LogP contribution is -2.25. The van der Waals surface area contributed by atoms with Gasteiger partial charge in [0.1, 0.15) is 17.2 Å². The molecule has 1 heterocycles. The largest absolute Gasteiger partial charge is 0.535 e. The Labute approximate surface area is 154 Å². The average molecular weight is 358 g/mol. The highest BCUT2D eigenvalue weighted by Crippen LogP contribution is 2.27. The average Bonchev–Trinajstić information content (AvgIpc) is 3.05. The number of ether oxygens (including phenoxy) is 2. The Morgan fingerprint density at radius 1 is 0.538 bits per heavy atom. The van der Waals surface area contributed by atoms with E-state index >= 15 is 0 Å². The van der Waals surface area contributed by atoms with Crippen LogP contribution in [0.2, 0.25) is 0 Å². The molecule has 3 aromatic rings. The van der Waals surface area contributed by atoms with Gasteiger partial charge in [0.05, 0.1) is 0 Å². The minimum Gasteiger partial charge on any atom is -0.535 e. The fourth-order valence-corrected chi connectivity index (χ4v) is 4.49. The summed E-state index contributed by atoms with van der Waals surface area (Å²) in [5.74, 6) is 3.08. The smallest absolute Gasteiger partial charge is 0.333 e. The normalized spacial score (nSPS) is 15.8. The van der Waals surface area contributed by atoms with Crippen molar-refractivity contribution < 1.29 is 13.9 Å². The summed E-state index contributed by atoms with van der Waals surface area (Å²) in [5.41, 5.74) is 2.07. The minimum atomic E-state index is -1.94. The van der Waals surface area contributed by atoms with E-state index < -0.39 is 9.04 Å². The molecule has 0 bridgehead atoms. The van der Waals surface area contributed by atoms with Crippen molar-refractivity contribution in [2.75, 3.05) is 0 Å². The number of rotatable bonds is 6. The first-order valence-electron chi connectivity index (χ1n) is 8.48. The van der Waals surface area contributed by atoms with Crippen LogP contribution in [0.4, 0.5) is 0 Å². The first kappa shape index (κ1) is 16.2. The van der Waals surface area contributed by atoms with Gasteiger partial charge >= 0.3 is 9.04 Å². The molecule has 1 aliphatic rings. The molecule has 0 aromatic heterocycles. The number of hydrogen-bond donors (Lipinski definition) is 0. The predicted molar refractivity (Wildman–Crippen MR) is 105 cm³/mol. The van der Waals surface area contributed by atoms with Crippen molar-refractivity contribution in [3.63, 3.8) is 0 Å². The zero-order valence-corrected chi connectivity index (χ0v) is 15.3. The molecule has 3 aromatic carbocycles. The Morgan fingerprint density at radius 3 is 1.62 bits per heavy atom. The van der Waals surface area contributed by atoms with Crippen LogP contribution >= 0.6 is 0 Å². The maximum Gasteiger partial charge on any atom is 0.333 e. The van der Waals surface area contributed by atoms with Gasteiger partial charge in [0, 0.05) is 0 Å². The number of allylic oxidation sites excluding steroid dienone is 1. The summed E-state index contributed by atoms with van der Waals surface area (Å²) < 4.78 is 18.4. The maximum atomic E-state index is 6.22. The van der Waals surface area contributed by atoms with Crippen molar-refractivity contribution in [1.82, 2.24) is 0 Å². The number of hydrogen-bond acceptors (Lipinski definition) is 3. The highest BCUT2D eigenvalue weighted by Gasteiger charge is 2.29. The van der Waals surface area contributed by atoms with Gasteiger partial charge in [-0.1, -0.05) is 60.3 Å². The molecule has 1 aliphatic heterocycles. The van der Waals surface area contributed by atoms with Crippen LogP contribution in [0.5, 0.6) is 17.2 Å². The van der Waals surface area contributed by atoms with Gasteiger partial charge < -0.3 is 13.9 Å². The van der Waals surface area contributed by atoms with Crippen molar-refractivity contribution in [2.24, 2.45) is 0 Å². The van der Waals surface area contributed by atoms with Gasteiger partial charge in [0.25, 0.3) is 0 Å². The molecule has 26 heavy (non-hydrogen) atoms. The minimum absolute atomic E-state index is 0.702. The lowest BCUT2D eigenvalue weighted by atomic mass is 10.3. The van der Waals surface area contributed by atoms with Crippen molar-refractivity contribution in [1.29, 1.82) is 0 Å². The van der Waals surface area contributed by atoms with Crippen molar-refractivity contribution in [2.45, 2.75) is 0 Å². The zero-order valence-electron chi connectivity index (χ0n) is 14.1. The standard InChI is InChI=1S/C22H18O3Si/c1-4-10-18(11-5-1)23-21-16-17-26(25-20-14-8-3-9-15-20)22(21)24-19-12-6-2-7-13-19/h1-17,26H. The predicted octanol–water partition coefficient (Wildman–Crippen LogP) is 4.81. The van der Waals surface area contributed by atoms with Crippen LogP contribution in [-0.4, -0.2) is 9.04 Å². The molecule has 0 radical (unpaired) electrons. The second-order valence-corrected chi connectivity index (χ2v) is 7.76. The van der Waals surface area contributed by atoms with E-state index in [1.165, 1.54) is 0 Å². The van der Waals surface area contributed by atoms with Crippen LogP contribution in [0.1, 0.15) is 0 Å². The van der Waals surface area contributed by atoms with E-state index in [9.17, 15) is 0 Å². The number of benzene rings is 3. The lowest BCUT2D eigenvalue weighted by Gasteiger charge is -2.17. The van der Waals surface area contributed by atoms with Crippen LogP contribution in [0, 0.1) is 0 Å². The third-order valence-electron chi connectivity index (χ3n) is 3.87. The molecule has 3 nitrogen and oxygen atoms in total. The summed E-state index contributed by atoms with van der Waals surface area (Å²) in [6, 6.07) is 29.2. The topological polar surface area (TPSA) is 27.7 Å². The molecule has 1 unspecified atom stereocenters. The van der Waals surface area contributed by atoms with Gasteiger partial charge in [-0.2, -0.15) is 0 Å². The highest BCUT2D eigenvalue weighted by molar-refractivity contribution is 6.67. The Bertz CT molecular complexity index is 906. The fourth-order valence-electron chi connectivity index (χ4n) is 2.65. The molecule has 0 amide bonds. The second-order valence-electron chi connectivity index (χ2n) is 5.77. The summed E-state index contributed by atoms with van der Waals surface area (Å²) in [5, 5.41) is 0.768. The molecule has 4 rings (SSSR count).